The van der Waals surface area contributed by atoms with Crippen LogP contribution in [0.2, 0.25) is 5.02 Å². The third-order valence-corrected chi connectivity index (χ3v) is 4.54. The lowest BCUT2D eigenvalue weighted by Gasteiger charge is -2.08. The second-order valence-electron chi connectivity index (χ2n) is 6.00. The first-order chi connectivity index (χ1) is 12.1. The van der Waals surface area contributed by atoms with E-state index in [0.29, 0.717) is 11.6 Å². The second-order valence-corrected chi connectivity index (χ2v) is 6.40. The number of fused-ring (bicyclic) bond motifs is 1. The molecule has 4 heteroatoms. The number of carbonyl (C=O) groups excluding carboxylic acids is 1. The van der Waals surface area contributed by atoms with Crippen molar-refractivity contribution in [2.45, 2.75) is 19.9 Å². The molecule has 0 saturated carbocycles. The van der Waals surface area contributed by atoms with Crippen molar-refractivity contribution >= 4 is 34.5 Å². The van der Waals surface area contributed by atoms with Gasteiger partial charge in [0, 0.05) is 35.4 Å². The smallest absolute Gasteiger partial charge is 0.244 e. The van der Waals surface area contributed by atoms with E-state index in [1.54, 1.807) is 6.08 Å². The van der Waals surface area contributed by atoms with Crippen molar-refractivity contribution in [1.29, 1.82) is 0 Å². The highest BCUT2D eigenvalue weighted by molar-refractivity contribution is 6.32. The number of aryl methyl sites for hydroxylation is 2. The molecule has 0 aliphatic heterocycles. The Hall–Kier alpha value is -2.52. The number of carbonyl (C=O) groups is 1. The summed E-state index contributed by atoms with van der Waals surface area (Å²) in [5.41, 5.74) is 3.32. The lowest BCUT2D eigenvalue weighted by molar-refractivity contribution is -0.116. The Bertz CT molecular complexity index is 911. The Balaban J connectivity index is 1.50. The van der Waals surface area contributed by atoms with Crippen molar-refractivity contribution in [2.75, 3.05) is 6.54 Å². The molecule has 0 aliphatic rings. The van der Waals surface area contributed by atoms with Crippen molar-refractivity contribution < 1.29 is 4.79 Å². The van der Waals surface area contributed by atoms with Gasteiger partial charge in [0.1, 0.15) is 0 Å². The first-order valence-corrected chi connectivity index (χ1v) is 8.78. The van der Waals surface area contributed by atoms with E-state index in [4.69, 9.17) is 11.6 Å². The van der Waals surface area contributed by atoms with E-state index in [0.717, 1.165) is 18.5 Å². The Morgan fingerprint density at radius 3 is 2.76 bits per heavy atom. The van der Waals surface area contributed by atoms with Gasteiger partial charge in [-0.15, -0.1) is 0 Å². The number of nitrogens with zero attached hydrogens (tertiary/aromatic N) is 1. The molecule has 25 heavy (non-hydrogen) atoms. The van der Waals surface area contributed by atoms with Crippen LogP contribution < -0.4 is 5.32 Å². The van der Waals surface area contributed by atoms with Gasteiger partial charge in [-0.2, -0.15) is 0 Å². The summed E-state index contributed by atoms with van der Waals surface area (Å²) in [5, 5.41) is 4.82. The van der Waals surface area contributed by atoms with Crippen LogP contribution in [-0.4, -0.2) is 17.0 Å². The molecule has 128 valence electrons. The van der Waals surface area contributed by atoms with Gasteiger partial charge in [-0.25, -0.2) is 0 Å². The minimum atomic E-state index is -0.103. The molecule has 0 bridgehead atoms. The number of benzene rings is 2. The van der Waals surface area contributed by atoms with Crippen LogP contribution in [-0.2, 0) is 11.3 Å². The van der Waals surface area contributed by atoms with Gasteiger partial charge >= 0.3 is 0 Å². The Labute approximate surface area is 152 Å². The zero-order valence-corrected chi connectivity index (χ0v) is 15.0. The highest BCUT2D eigenvalue weighted by atomic mass is 35.5. The number of halogens is 1. The van der Waals surface area contributed by atoms with Crippen molar-refractivity contribution in [3.8, 4) is 0 Å². The van der Waals surface area contributed by atoms with Crippen LogP contribution in [0.15, 0.2) is 60.7 Å². The minimum Gasteiger partial charge on any atom is -0.352 e. The fourth-order valence-electron chi connectivity index (χ4n) is 2.93. The van der Waals surface area contributed by atoms with Crippen LogP contribution in [0.5, 0.6) is 0 Å². The van der Waals surface area contributed by atoms with E-state index in [-0.39, 0.29) is 5.91 Å². The summed E-state index contributed by atoms with van der Waals surface area (Å²) in [5.74, 6) is -0.103. The summed E-state index contributed by atoms with van der Waals surface area (Å²) in [6, 6.07) is 18.0. The number of hydrogen-bond acceptors (Lipinski definition) is 1. The van der Waals surface area contributed by atoms with Crippen molar-refractivity contribution in [2.24, 2.45) is 0 Å². The fourth-order valence-corrected chi connectivity index (χ4v) is 3.13. The monoisotopic (exact) mass is 352 g/mol. The number of aromatic nitrogens is 1. The summed E-state index contributed by atoms with van der Waals surface area (Å²) >= 11 is 6.07. The molecule has 0 atom stereocenters. The maximum absolute atomic E-state index is 11.9. The van der Waals surface area contributed by atoms with Gasteiger partial charge in [0.05, 0.1) is 0 Å². The minimum absolute atomic E-state index is 0.103. The molecule has 3 rings (SSSR count). The predicted molar refractivity (Wildman–Crippen MR) is 105 cm³/mol. The van der Waals surface area contributed by atoms with E-state index < -0.39 is 0 Å². The van der Waals surface area contributed by atoms with E-state index in [1.165, 1.54) is 22.7 Å². The second kappa shape index (κ2) is 8.04. The van der Waals surface area contributed by atoms with Crippen LogP contribution in [0.25, 0.3) is 17.0 Å². The maximum Gasteiger partial charge on any atom is 0.244 e. The van der Waals surface area contributed by atoms with Crippen LogP contribution in [0.3, 0.4) is 0 Å². The zero-order valence-electron chi connectivity index (χ0n) is 14.2. The zero-order chi connectivity index (χ0) is 17.6. The SMILES string of the molecule is Cc1cc2ccccc2n1CCCNC(=O)/C=C/c1ccccc1Cl. The summed E-state index contributed by atoms with van der Waals surface area (Å²) in [6.45, 7) is 3.64. The molecular weight excluding hydrogens is 332 g/mol. The van der Waals surface area contributed by atoms with E-state index >= 15 is 0 Å². The molecule has 0 saturated heterocycles. The lowest BCUT2D eigenvalue weighted by atomic mass is 10.2. The van der Waals surface area contributed by atoms with Crippen LogP contribution in [0.4, 0.5) is 0 Å². The van der Waals surface area contributed by atoms with Crippen LogP contribution >= 0.6 is 11.6 Å². The molecule has 3 aromatic rings. The molecule has 0 fully saturated rings. The van der Waals surface area contributed by atoms with Gasteiger partial charge in [-0.3, -0.25) is 4.79 Å². The summed E-state index contributed by atoms with van der Waals surface area (Å²) < 4.78 is 2.29. The molecule has 1 N–H and O–H groups in total. The van der Waals surface area contributed by atoms with Gasteiger partial charge in [0.25, 0.3) is 0 Å². The standard InChI is InChI=1S/C21H21ClN2O/c1-16-15-18-8-3-5-10-20(18)24(16)14-6-13-23-21(25)12-11-17-7-2-4-9-19(17)22/h2-5,7-12,15H,6,13-14H2,1H3,(H,23,25)/b12-11+. The molecule has 1 heterocycles. The number of rotatable bonds is 6. The van der Waals surface area contributed by atoms with Gasteiger partial charge in [-0.05, 0) is 48.6 Å². The normalized spacial score (nSPS) is 11.3. The molecule has 0 spiro atoms. The van der Waals surface area contributed by atoms with Crippen LogP contribution in [0.1, 0.15) is 17.7 Å². The third-order valence-electron chi connectivity index (χ3n) is 4.19. The Morgan fingerprint density at radius 1 is 1.16 bits per heavy atom. The molecule has 1 amide bonds. The van der Waals surface area contributed by atoms with E-state index in [9.17, 15) is 4.79 Å². The van der Waals surface area contributed by atoms with Crippen molar-refractivity contribution in [3.05, 3.63) is 77.0 Å². The van der Waals surface area contributed by atoms with Gasteiger partial charge in [0.15, 0.2) is 0 Å². The fraction of sp³-hybridized carbons (Fsp3) is 0.190. The van der Waals surface area contributed by atoms with E-state index in [2.05, 4.69) is 47.1 Å². The number of hydrogen-bond donors (Lipinski definition) is 1. The average Bonchev–Trinajstić information content (AvgIpc) is 2.93. The quantitative estimate of drug-likeness (QED) is 0.500. The largest absolute Gasteiger partial charge is 0.352 e. The highest BCUT2D eigenvalue weighted by Crippen LogP contribution is 2.19. The summed E-state index contributed by atoms with van der Waals surface area (Å²) in [4.78, 5) is 11.9. The molecule has 0 aliphatic carbocycles. The Kier molecular flexibility index (Phi) is 5.56. The molecule has 2 aromatic carbocycles. The van der Waals surface area contributed by atoms with Crippen LogP contribution in [0, 0.1) is 6.92 Å². The summed E-state index contributed by atoms with van der Waals surface area (Å²) in [7, 11) is 0. The number of amides is 1. The molecule has 3 nitrogen and oxygen atoms in total. The molecular formula is C21H21ClN2O. The predicted octanol–water partition coefficient (Wildman–Crippen LogP) is 4.82. The van der Waals surface area contributed by atoms with Crippen molar-refractivity contribution in [1.82, 2.24) is 9.88 Å². The topological polar surface area (TPSA) is 34.0 Å². The molecule has 1 aromatic heterocycles. The molecule has 0 unspecified atom stereocenters. The maximum atomic E-state index is 11.9. The third kappa shape index (κ3) is 4.31. The first kappa shape index (κ1) is 17.3. The van der Waals surface area contributed by atoms with Gasteiger partial charge < -0.3 is 9.88 Å². The summed E-state index contributed by atoms with van der Waals surface area (Å²) in [6.07, 6.45) is 4.14. The average molecular weight is 353 g/mol. The Morgan fingerprint density at radius 2 is 1.92 bits per heavy atom. The van der Waals surface area contributed by atoms with E-state index in [1.807, 2.05) is 24.3 Å². The first-order valence-electron chi connectivity index (χ1n) is 8.40. The lowest BCUT2D eigenvalue weighted by Crippen LogP contribution is -2.23. The van der Waals surface area contributed by atoms with Gasteiger partial charge in [0.2, 0.25) is 5.91 Å². The van der Waals surface area contributed by atoms with Crippen molar-refractivity contribution in [3.63, 3.8) is 0 Å². The number of para-hydroxylation sites is 1. The molecule has 0 radical (unpaired) electrons. The number of nitrogens with one attached hydrogen (secondary N) is 1. The highest BCUT2D eigenvalue weighted by Gasteiger charge is 2.04. The van der Waals surface area contributed by atoms with Gasteiger partial charge in [-0.1, -0.05) is 48.0 Å².